The van der Waals surface area contributed by atoms with E-state index in [2.05, 4.69) is 23.4 Å². The van der Waals surface area contributed by atoms with E-state index >= 15 is 0 Å². The molecule has 2 aromatic rings. The molecule has 18 heavy (non-hydrogen) atoms. The van der Waals surface area contributed by atoms with E-state index in [0.29, 0.717) is 0 Å². The van der Waals surface area contributed by atoms with Crippen LogP contribution in [-0.2, 0) is 20.0 Å². The summed E-state index contributed by atoms with van der Waals surface area (Å²) in [5.74, 6) is 0. The smallest absolute Gasteiger partial charge is 0.0671 e. The Bertz CT molecular complexity index is 546. The fourth-order valence-corrected chi connectivity index (χ4v) is 2.28. The first-order valence-electron chi connectivity index (χ1n) is 6.11. The average Bonchev–Trinajstić information content (AvgIpc) is 2.68. The lowest BCUT2D eigenvalue weighted by molar-refractivity contribution is 0.746. The van der Waals surface area contributed by atoms with E-state index in [-0.39, 0.29) is 0 Å². The molecule has 0 radical (unpaired) electrons. The minimum absolute atomic E-state index is 0.750. The Hall–Kier alpha value is -1.48. The number of benzene rings is 1. The van der Waals surface area contributed by atoms with Crippen molar-refractivity contribution in [2.45, 2.75) is 26.8 Å². The van der Waals surface area contributed by atoms with Gasteiger partial charge in [-0.15, -0.1) is 0 Å². The van der Waals surface area contributed by atoms with Gasteiger partial charge in [0, 0.05) is 25.4 Å². The van der Waals surface area contributed by atoms with Crippen LogP contribution < -0.4 is 5.32 Å². The number of nitrogens with one attached hydrogen (secondary N) is 1. The number of hydrogen-bond acceptors (Lipinski definition) is 2. The molecule has 0 unspecified atom stereocenters. The summed E-state index contributed by atoms with van der Waals surface area (Å²) in [6.07, 6.45) is 2.99. The number of anilines is 1. The molecule has 0 amide bonds. The number of nitrogens with zero attached hydrogens (tertiary/aromatic N) is 2. The first-order valence-corrected chi connectivity index (χ1v) is 6.49. The van der Waals surface area contributed by atoms with E-state index < -0.39 is 0 Å². The van der Waals surface area contributed by atoms with Crippen molar-refractivity contribution in [1.29, 1.82) is 0 Å². The molecule has 0 aliphatic heterocycles. The SMILES string of the molecule is CCc1nn(C)cc1CNc1ccc(C)cc1Cl. The molecule has 2 rings (SSSR count). The van der Waals surface area contributed by atoms with E-state index in [1.165, 1.54) is 11.1 Å². The zero-order valence-electron chi connectivity index (χ0n) is 11.0. The Morgan fingerprint density at radius 1 is 1.39 bits per heavy atom. The molecule has 4 heteroatoms. The summed E-state index contributed by atoms with van der Waals surface area (Å²) in [6.45, 7) is 4.90. The first kappa shape index (κ1) is 13.0. The summed E-state index contributed by atoms with van der Waals surface area (Å²) in [7, 11) is 1.95. The van der Waals surface area contributed by atoms with E-state index in [0.717, 1.165) is 29.4 Å². The minimum atomic E-state index is 0.750. The van der Waals surface area contributed by atoms with Gasteiger partial charge in [-0.05, 0) is 31.0 Å². The van der Waals surface area contributed by atoms with Crippen LogP contribution in [0.4, 0.5) is 5.69 Å². The predicted molar refractivity (Wildman–Crippen MR) is 76.1 cm³/mol. The molecule has 0 atom stereocenters. The van der Waals surface area contributed by atoms with Gasteiger partial charge in [0.05, 0.1) is 16.4 Å². The molecule has 1 N–H and O–H groups in total. The van der Waals surface area contributed by atoms with Crippen LogP contribution in [0.1, 0.15) is 23.7 Å². The molecule has 96 valence electrons. The summed E-state index contributed by atoms with van der Waals surface area (Å²) in [5, 5.41) is 8.54. The van der Waals surface area contributed by atoms with Gasteiger partial charge >= 0.3 is 0 Å². The van der Waals surface area contributed by atoms with Crippen molar-refractivity contribution in [2.24, 2.45) is 7.05 Å². The summed E-state index contributed by atoms with van der Waals surface area (Å²) >= 11 is 6.19. The molecule has 0 saturated heterocycles. The first-order chi connectivity index (χ1) is 8.60. The van der Waals surface area contributed by atoms with Gasteiger partial charge in [-0.2, -0.15) is 5.10 Å². The van der Waals surface area contributed by atoms with Crippen molar-refractivity contribution >= 4 is 17.3 Å². The van der Waals surface area contributed by atoms with Crippen LogP contribution in [0.3, 0.4) is 0 Å². The van der Waals surface area contributed by atoms with Gasteiger partial charge in [0.25, 0.3) is 0 Å². The lowest BCUT2D eigenvalue weighted by atomic mass is 10.2. The van der Waals surface area contributed by atoms with Crippen LogP contribution in [-0.4, -0.2) is 9.78 Å². The van der Waals surface area contributed by atoms with Crippen LogP contribution in [0.5, 0.6) is 0 Å². The van der Waals surface area contributed by atoms with E-state index in [1.54, 1.807) is 0 Å². The van der Waals surface area contributed by atoms with E-state index in [9.17, 15) is 0 Å². The van der Waals surface area contributed by atoms with Gasteiger partial charge < -0.3 is 5.32 Å². The molecule has 3 nitrogen and oxygen atoms in total. The van der Waals surface area contributed by atoms with Crippen LogP contribution in [0.25, 0.3) is 0 Å². The van der Waals surface area contributed by atoms with Gasteiger partial charge in [0.15, 0.2) is 0 Å². The lowest BCUT2D eigenvalue weighted by Crippen LogP contribution is -2.01. The molecule has 0 fully saturated rings. The molecule has 0 aliphatic carbocycles. The van der Waals surface area contributed by atoms with Gasteiger partial charge in [-0.25, -0.2) is 0 Å². The Morgan fingerprint density at radius 3 is 2.83 bits per heavy atom. The van der Waals surface area contributed by atoms with Crippen molar-refractivity contribution < 1.29 is 0 Å². The molecule has 0 spiro atoms. The molecule has 0 aliphatic rings. The maximum absolute atomic E-state index is 6.19. The summed E-state index contributed by atoms with van der Waals surface area (Å²) in [5.41, 5.74) is 4.49. The second-order valence-corrected chi connectivity index (χ2v) is 4.87. The highest BCUT2D eigenvalue weighted by atomic mass is 35.5. The Kier molecular flexibility index (Phi) is 3.92. The quantitative estimate of drug-likeness (QED) is 0.914. The highest BCUT2D eigenvalue weighted by molar-refractivity contribution is 6.33. The standard InChI is InChI=1S/C14H18ClN3/c1-4-13-11(9-18(3)17-13)8-16-14-6-5-10(2)7-12(14)15/h5-7,9,16H,4,8H2,1-3H3. The third-order valence-corrected chi connectivity index (χ3v) is 3.23. The van der Waals surface area contributed by atoms with E-state index in [1.807, 2.05) is 37.0 Å². The number of rotatable bonds is 4. The number of hydrogen-bond donors (Lipinski definition) is 1. The Labute approximate surface area is 113 Å². The third kappa shape index (κ3) is 2.85. The largest absolute Gasteiger partial charge is 0.380 e. The second-order valence-electron chi connectivity index (χ2n) is 4.47. The maximum atomic E-state index is 6.19. The minimum Gasteiger partial charge on any atom is -0.380 e. The highest BCUT2D eigenvalue weighted by Gasteiger charge is 2.06. The molecular formula is C14H18ClN3. The zero-order chi connectivity index (χ0) is 13.1. The summed E-state index contributed by atoms with van der Waals surface area (Å²) in [6, 6.07) is 6.03. The van der Waals surface area contributed by atoms with Crippen molar-refractivity contribution in [3.05, 3.63) is 46.2 Å². The average molecular weight is 264 g/mol. The maximum Gasteiger partial charge on any atom is 0.0671 e. The molecular weight excluding hydrogens is 246 g/mol. The molecule has 1 heterocycles. The fourth-order valence-electron chi connectivity index (χ4n) is 1.98. The lowest BCUT2D eigenvalue weighted by Gasteiger charge is -2.08. The third-order valence-electron chi connectivity index (χ3n) is 2.92. The normalized spacial score (nSPS) is 10.7. The Morgan fingerprint density at radius 2 is 2.17 bits per heavy atom. The number of aryl methyl sites for hydroxylation is 3. The summed E-state index contributed by atoms with van der Waals surface area (Å²) < 4.78 is 1.85. The van der Waals surface area contributed by atoms with Gasteiger partial charge in [0.1, 0.15) is 0 Å². The topological polar surface area (TPSA) is 29.9 Å². The Balaban J connectivity index is 2.11. The van der Waals surface area contributed by atoms with Crippen LogP contribution >= 0.6 is 11.6 Å². The van der Waals surface area contributed by atoms with Crippen LogP contribution in [0, 0.1) is 6.92 Å². The van der Waals surface area contributed by atoms with Crippen LogP contribution in [0.15, 0.2) is 24.4 Å². The number of aromatic nitrogens is 2. The molecule has 1 aromatic heterocycles. The second kappa shape index (κ2) is 5.44. The van der Waals surface area contributed by atoms with Gasteiger partial charge in [-0.3, -0.25) is 4.68 Å². The highest BCUT2D eigenvalue weighted by Crippen LogP contribution is 2.23. The monoisotopic (exact) mass is 263 g/mol. The van der Waals surface area contributed by atoms with Crippen molar-refractivity contribution in [3.63, 3.8) is 0 Å². The van der Waals surface area contributed by atoms with E-state index in [4.69, 9.17) is 11.6 Å². The predicted octanol–water partition coefficient (Wildman–Crippen LogP) is 3.56. The number of halogens is 1. The molecule has 0 bridgehead atoms. The van der Waals surface area contributed by atoms with Crippen molar-refractivity contribution in [3.8, 4) is 0 Å². The summed E-state index contributed by atoms with van der Waals surface area (Å²) in [4.78, 5) is 0. The van der Waals surface area contributed by atoms with Crippen molar-refractivity contribution in [2.75, 3.05) is 5.32 Å². The van der Waals surface area contributed by atoms with Gasteiger partial charge in [-0.1, -0.05) is 24.6 Å². The molecule has 1 aromatic carbocycles. The fraction of sp³-hybridized carbons (Fsp3) is 0.357. The van der Waals surface area contributed by atoms with Gasteiger partial charge in [0.2, 0.25) is 0 Å². The van der Waals surface area contributed by atoms with Crippen molar-refractivity contribution in [1.82, 2.24) is 9.78 Å². The molecule has 0 saturated carbocycles. The van der Waals surface area contributed by atoms with Crippen LogP contribution in [0.2, 0.25) is 5.02 Å². The zero-order valence-corrected chi connectivity index (χ0v) is 11.8.